The monoisotopic (exact) mass is 373 g/mol. The van der Waals surface area contributed by atoms with Gasteiger partial charge < -0.3 is 10.1 Å². The average Bonchev–Trinajstić information content (AvgIpc) is 2.97. The van der Waals surface area contributed by atoms with Gasteiger partial charge in [0.1, 0.15) is 5.00 Å². The van der Waals surface area contributed by atoms with Crippen LogP contribution in [0.2, 0.25) is 0 Å². The zero-order valence-corrected chi connectivity index (χ0v) is 16.9. The summed E-state index contributed by atoms with van der Waals surface area (Å²) in [6.45, 7) is 10.2. The number of nitrogens with one attached hydrogen (secondary N) is 1. The van der Waals surface area contributed by atoms with Gasteiger partial charge >= 0.3 is 5.97 Å². The maximum Gasteiger partial charge on any atom is 0.341 e. The summed E-state index contributed by atoms with van der Waals surface area (Å²) >= 11 is 1.44. The second kappa shape index (κ2) is 8.49. The molecule has 0 bridgehead atoms. The number of esters is 1. The van der Waals surface area contributed by atoms with E-state index in [1.807, 2.05) is 45.0 Å². The highest BCUT2D eigenvalue weighted by molar-refractivity contribution is 7.16. The smallest absolute Gasteiger partial charge is 0.341 e. The predicted octanol–water partition coefficient (Wildman–Crippen LogP) is 5.45. The lowest BCUT2D eigenvalue weighted by atomic mass is 9.92. The van der Waals surface area contributed by atoms with Crippen LogP contribution in [0, 0.1) is 5.41 Å². The van der Waals surface area contributed by atoms with Crippen molar-refractivity contribution in [2.75, 3.05) is 11.9 Å². The summed E-state index contributed by atoms with van der Waals surface area (Å²) in [5, 5.41) is 3.48. The molecule has 0 radical (unpaired) electrons. The first-order chi connectivity index (χ1) is 12.2. The number of amides is 1. The fourth-order valence-corrected chi connectivity index (χ4v) is 3.78. The molecular formula is C21H27NO3S. The molecular weight excluding hydrogens is 346 g/mol. The molecule has 1 N–H and O–H groups in total. The Bertz CT molecular complexity index is 759. The van der Waals surface area contributed by atoms with Crippen molar-refractivity contribution in [1.29, 1.82) is 0 Å². The second-order valence-electron chi connectivity index (χ2n) is 7.53. The Morgan fingerprint density at radius 3 is 2.42 bits per heavy atom. The third-order valence-corrected chi connectivity index (χ3v) is 5.15. The van der Waals surface area contributed by atoms with Crippen molar-refractivity contribution in [3.63, 3.8) is 0 Å². The largest absolute Gasteiger partial charge is 0.462 e. The lowest BCUT2D eigenvalue weighted by Crippen LogP contribution is -2.20. The first-order valence-electron chi connectivity index (χ1n) is 8.87. The molecule has 0 aliphatic rings. The van der Waals surface area contributed by atoms with Gasteiger partial charge in [-0.15, -0.1) is 11.3 Å². The molecule has 140 valence electrons. The van der Waals surface area contributed by atoms with Gasteiger partial charge in [0.15, 0.2) is 0 Å². The Morgan fingerprint density at radius 2 is 1.85 bits per heavy atom. The minimum Gasteiger partial charge on any atom is -0.462 e. The highest BCUT2D eigenvalue weighted by Crippen LogP contribution is 2.37. The van der Waals surface area contributed by atoms with E-state index in [2.05, 4.69) is 24.4 Å². The van der Waals surface area contributed by atoms with E-state index in [1.165, 1.54) is 11.3 Å². The molecule has 1 aromatic heterocycles. The summed E-state index contributed by atoms with van der Waals surface area (Å²) in [5.74, 6) is -0.368. The van der Waals surface area contributed by atoms with E-state index in [1.54, 1.807) is 6.92 Å². The minimum absolute atomic E-state index is 0.0937. The molecule has 4 nitrogen and oxygen atoms in total. The van der Waals surface area contributed by atoms with Crippen molar-refractivity contribution >= 4 is 28.2 Å². The van der Waals surface area contributed by atoms with Crippen LogP contribution in [-0.4, -0.2) is 18.5 Å². The zero-order chi connectivity index (χ0) is 19.3. The van der Waals surface area contributed by atoms with E-state index in [4.69, 9.17) is 4.74 Å². The molecule has 26 heavy (non-hydrogen) atoms. The Kier molecular flexibility index (Phi) is 6.59. The van der Waals surface area contributed by atoms with Crippen LogP contribution in [0.15, 0.2) is 36.4 Å². The molecule has 5 heteroatoms. The Hall–Kier alpha value is -2.14. The number of thiophene rings is 1. The van der Waals surface area contributed by atoms with Crippen LogP contribution in [0.5, 0.6) is 0 Å². The molecule has 1 amide bonds. The maximum atomic E-state index is 12.4. The van der Waals surface area contributed by atoms with Gasteiger partial charge in [0, 0.05) is 17.2 Å². The van der Waals surface area contributed by atoms with E-state index in [0.29, 0.717) is 23.6 Å². The van der Waals surface area contributed by atoms with Crippen molar-refractivity contribution in [3.8, 4) is 0 Å². The summed E-state index contributed by atoms with van der Waals surface area (Å²) in [6, 6.07) is 11.9. The van der Waals surface area contributed by atoms with Crippen LogP contribution >= 0.6 is 11.3 Å². The fourth-order valence-electron chi connectivity index (χ4n) is 2.64. The molecule has 1 aromatic carbocycles. The molecule has 0 aliphatic carbocycles. The standard InChI is InChI=1S/C21H27NO3S/c1-6-25-20(24)16-12-17(14(2)15-10-8-7-9-11-15)26-19(16)22-18(23)13-21(3,4)5/h7-12,14H,6,13H2,1-5H3,(H,22,23). The number of hydrogen-bond acceptors (Lipinski definition) is 4. The number of hydrogen-bond donors (Lipinski definition) is 1. The van der Waals surface area contributed by atoms with Crippen molar-refractivity contribution in [1.82, 2.24) is 0 Å². The van der Waals surface area contributed by atoms with Gasteiger partial charge in [-0.05, 0) is 24.0 Å². The number of carbonyl (C=O) groups is 2. The highest BCUT2D eigenvalue weighted by Gasteiger charge is 2.23. The third kappa shape index (κ3) is 5.43. The third-order valence-electron chi connectivity index (χ3n) is 3.92. The number of anilines is 1. The first kappa shape index (κ1) is 20.2. The quantitative estimate of drug-likeness (QED) is 0.685. The van der Waals surface area contributed by atoms with Gasteiger partial charge in [-0.25, -0.2) is 4.79 Å². The van der Waals surface area contributed by atoms with Crippen LogP contribution in [0.1, 0.15) is 67.8 Å². The normalized spacial score (nSPS) is 12.5. The summed E-state index contributed by atoms with van der Waals surface area (Å²) in [4.78, 5) is 25.7. The molecule has 0 fully saturated rings. The zero-order valence-electron chi connectivity index (χ0n) is 16.1. The minimum atomic E-state index is -0.402. The Balaban J connectivity index is 2.31. The van der Waals surface area contributed by atoms with Crippen molar-refractivity contribution in [2.24, 2.45) is 5.41 Å². The first-order valence-corrected chi connectivity index (χ1v) is 9.68. The van der Waals surface area contributed by atoms with E-state index in [-0.39, 0.29) is 17.2 Å². The molecule has 0 saturated carbocycles. The lowest BCUT2D eigenvalue weighted by molar-refractivity contribution is -0.117. The molecule has 0 aliphatic heterocycles. The second-order valence-corrected chi connectivity index (χ2v) is 8.61. The number of ether oxygens (including phenoxy) is 1. The van der Waals surface area contributed by atoms with Crippen LogP contribution < -0.4 is 5.32 Å². The van der Waals surface area contributed by atoms with Crippen molar-refractivity contribution in [3.05, 3.63) is 52.4 Å². The van der Waals surface area contributed by atoms with E-state index in [9.17, 15) is 9.59 Å². The van der Waals surface area contributed by atoms with Crippen molar-refractivity contribution < 1.29 is 14.3 Å². The van der Waals surface area contributed by atoms with E-state index < -0.39 is 5.97 Å². The molecule has 0 spiro atoms. The van der Waals surface area contributed by atoms with Gasteiger partial charge in [0.05, 0.1) is 12.2 Å². The summed E-state index contributed by atoms with van der Waals surface area (Å²) in [5.41, 5.74) is 1.47. The molecule has 0 saturated heterocycles. The highest BCUT2D eigenvalue weighted by atomic mass is 32.1. The number of rotatable bonds is 6. The maximum absolute atomic E-state index is 12.4. The Morgan fingerprint density at radius 1 is 1.19 bits per heavy atom. The number of carbonyl (C=O) groups excluding carboxylic acids is 2. The van der Waals surface area contributed by atoms with E-state index in [0.717, 1.165) is 10.4 Å². The summed E-state index contributed by atoms with van der Waals surface area (Å²) in [7, 11) is 0. The lowest BCUT2D eigenvalue weighted by Gasteiger charge is -2.17. The number of benzene rings is 1. The molecule has 1 unspecified atom stereocenters. The van der Waals surface area contributed by atoms with Gasteiger partial charge in [-0.3, -0.25) is 4.79 Å². The van der Waals surface area contributed by atoms with E-state index >= 15 is 0 Å². The van der Waals surface area contributed by atoms with Crippen molar-refractivity contribution in [2.45, 2.75) is 47.0 Å². The van der Waals surface area contributed by atoms with Gasteiger partial charge in [-0.1, -0.05) is 58.0 Å². The van der Waals surface area contributed by atoms with Crippen LogP contribution in [0.3, 0.4) is 0 Å². The summed E-state index contributed by atoms with van der Waals surface area (Å²) < 4.78 is 5.17. The molecule has 2 rings (SSSR count). The topological polar surface area (TPSA) is 55.4 Å². The molecule has 1 heterocycles. The van der Waals surface area contributed by atoms with Crippen LogP contribution in [0.25, 0.3) is 0 Å². The van der Waals surface area contributed by atoms with Crippen LogP contribution in [0.4, 0.5) is 5.00 Å². The van der Waals surface area contributed by atoms with Crippen LogP contribution in [-0.2, 0) is 9.53 Å². The van der Waals surface area contributed by atoms with Gasteiger partial charge in [0.2, 0.25) is 5.91 Å². The van der Waals surface area contributed by atoms with Gasteiger partial charge in [-0.2, -0.15) is 0 Å². The molecule has 2 aromatic rings. The summed E-state index contributed by atoms with van der Waals surface area (Å²) in [6.07, 6.45) is 0.386. The molecule has 1 atom stereocenters. The SMILES string of the molecule is CCOC(=O)c1cc(C(C)c2ccccc2)sc1NC(=O)CC(C)(C)C. The fraction of sp³-hybridized carbons (Fsp3) is 0.429. The average molecular weight is 374 g/mol. The Labute approximate surface area is 159 Å². The predicted molar refractivity (Wildman–Crippen MR) is 107 cm³/mol. The van der Waals surface area contributed by atoms with Gasteiger partial charge in [0.25, 0.3) is 0 Å².